The third kappa shape index (κ3) is 4.18. The van der Waals surface area contributed by atoms with E-state index in [2.05, 4.69) is 4.18 Å². The lowest BCUT2D eigenvalue weighted by atomic mass is 10.1. The lowest BCUT2D eigenvalue weighted by Gasteiger charge is -2.03. The number of carboxylic acid groups (broad SMARTS) is 1. The van der Waals surface area contributed by atoms with E-state index in [0.29, 0.717) is 0 Å². The zero-order valence-corrected chi connectivity index (χ0v) is 9.18. The molecule has 5 N–H and O–H groups in total. The maximum absolute atomic E-state index is 11.2. The highest BCUT2D eigenvalue weighted by molar-refractivity contribution is 7.81. The Kier molecular flexibility index (Phi) is 4.76. The van der Waals surface area contributed by atoms with Crippen molar-refractivity contribution in [1.82, 2.24) is 6.15 Å². The fraction of sp³-hybridized carbons (Fsp3) is 0. The van der Waals surface area contributed by atoms with Gasteiger partial charge in [0.2, 0.25) is 0 Å². The van der Waals surface area contributed by atoms with Crippen molar-refractivity contribution >= 4 is 22.3 Å². The Morgan fingerprint density at radius 1 is 1.12 bits per heavy atom. The van der Waals surface area contributed by atoms with Crippen molar-refractivity contribution < 1.29 is 31.8 Å². The van der Waals surface area contributed by atoms with Crippen LogP contribution < -0.4 is 6.15 Å². The molecule has 0 saturated heterocycles. The van der Waals surface area contributed by atoms with Crippen LogP contribution in [0.25, 0.3) is 0 Å². The summed E-state index contributed by atoms with van der Waals surface area (Å²) >= 11 is 0. The second-order valence-electron chi connectivity index (χ2n) is 2.65. The molecule has 17 heavy (non-hydrogen) atoms. The minimum atomic E-state index is -4.96. The summed E-state index contributed by atoms with van der Waals surface area (Å²) in [6.07, 6.45) is 0. The average Bonchev–Trinajstić information content (AvgIpc) is 2.15. The SMILES string of the molecule is N.O=C(O)c1ccccc1C(=O)OS(=O)(=O)O. The van der Waals surface area contributed by atoms with Crippen LogP contribution in [0.3, 0.4) is 0 Å². The summed E-state index contributed by atoms with van der Waals surface area (Å²) in [7, 11) is -4.96. The van der Waals surface area contributed by atoms with Crippen molar-refractivity contribution in [2.75, 3.05) is 0 Å². The molecule has 0 amide bonds. The van der Waals surface area contributed by atoms with Crippen LogP contribution in [0.1, 0.15) is 20.7 Å². The first-order chi connectivity index (χ1) is 7.31. The van der Waals surface area contributed by atoms with Crippen molar-refractivity contribution in [2.24, 2.45) is 0 Å². The molecular formula is C8H9NO7S. The van der Waals surface area contributed by atoms with Gasteiger partial charge in [-0.05, 0) is 12.1 Å². The normalized spacial score (nSPS) is 10.2. The van der Waals surface area contributed by atoms with E-state index in [1.807, 2.05) is 0 Å². The van der Waals surface area contributed by atoms with E-state index in [-0.39, 0.29) is 6.15 Å². The summed E-state index contributed by atoms with van der Waals surface area (Å²) in [6, 6.07) is 4.85. The molecule has 8 nitrogen and oxygen atoms in total. The number of hydrogen-bond donors (Lipinski definition) is 3. The van der Waals surface area contributed by atoms with Gasteiger partial charge in [-0.15, -0.1) is 0 Å². The number of carbonyl (C=O) groups is 2. The van der Waals surface area contributed by atoms with E-state index in [1.165, 1.54) is 12.1 Å². The first-order valence-corrected chi connectivity index (χ1v) is 5.21. The summed E-state index contributed by atoms with van der Waals surface area (Å²) in [5.41, 5.74) is -0.885. The van der Waals surface area contributed by atoms with Gasteiger partial charge in [0, 0.05) is 0 Å². The average molecular weight is 263 g/mol. The Labute approximate surface area is 96.4 Å². The van der Waals surface area contributed by atoms with Crippen LogP contribution >= 0.6 is 0 Å². The molecular weight excluding hydrogens is 254 g/mol. The van der Waals surface area contributed by atoms with Gasteiger partial charge in [-0.25, -0.2) is 9.59 Å². The minimum absolute atomic E-state index is 0. The van der Waals surface area contributed by atoms with Gasteiger partial charge in [-0.1, -0.05) is 12.1 Å². The molecule has 1 aromatic rings. The second-order valence-corrected chi connectivity index (χ2v) is 3.67. The highest BCUT2D eigenvalue weighted by Crippen LogP contribution is 2.11. The predicted octanol–water partition coefficient (Wildman–Crippen LogP) is 0.506. The predicted molar refractivity (Wildman–Crippen MR) is 55.4 cm³/mol. The standard InChI is InChI=1S/C8H6O7S.H3N/c9-7(10)5-3-1-2-4-6(5)8(11)15-16(12,13)14;/h1-4H,(H,9,10)(H,12,13,14);1H3. The van der Waals surface area contributed by atoms with Crippen molar-refractivity contribution in [3.8, 4) is 0 Å². The number of carboxylic acids is 1. The van der Waals surface area contributed by atoms with E-state index >= 15 is 0 Å². The van der Waals surface area contributed by atoms with Crippen molar-refractivity contribution in [1.29, 1.82) is 0 Å². The van der Waals surface area contributed by atoms with Crippen molar-refractivity contribution in [3.63, 3.8) is 0 Å². The first-order valence-electron chi connectivity index (χ1n) is 3.85. The van der Waals surface area contributed by atoms with Crippen molar-refractivity contribution in [2.45, 2.75) is 0 Å². The topological polar surface area (TPSA) is 153 Å². The summed E-state index contributed by atoms with van der Waals surface area (Å²) < 4.78 is 32.4. The van der Waals surface area contributed by atoms with Crippen LogP contribution in [-0.2, 0) is 14.6 Å². The van der Waals surface area contributed by atoms with E-state index in [9.17, 15) is 18.0 Å². The molecule has 0 aliphatic heterocycles. The fourth-order valence-electron chi connectivity index (χ4n) is 0.988. The quantitative estimate of drug-likeness (QED) is 0.666. The van der Waals surface area contributed by atoms with Crippen LogP contribution in [0.15, 0.2) is 24.3 Å². The van der Waals surface area contributed by atoms with Crippen LogP contribution in [0.2, 0.25) is 0 Å². The van der Waals surface area contributed by atoms with Crippen LogP contribution in [0.4, 0.5) is 0 Å². The molecule has 0 radical (unpaired) electrons. The molecule has 0 heterocycles. The van der Waals surface area contributed by atoms with Gasteiger partial charge in [0.15, 0.2) is 0 Å². The minimum Gasteiger partial charge on any atom is -0.478 e. The van der Waals surface area contributed by atoms with E-state index in [1.54, 1.807) is 0 Å². The number of aromatic carboxylic acids is 1. The molecule has 0 spiro atoms. The summed E-state index contributed by atoms with van der Waals surface area (Å²) in [4.78, 5) is 21.8. The van der Waals surface area contributed by atoms with Gasteiger partial charge in [0.25, 0.3) is 0 Å². The molecule has 0 aliphatic carbocycles. The smallest absolute Gasteiger partial charge is 0.449 e. The van der Waals surface area contributed by atoms with Gasteiger partial charge in [0.1, 0.15) is 0 Å². The third-order valence-electron chi connectivity index (χ3n) is 1.56. The van der Waals surface area contributed by atoms with E-state index < -0.39 is 33.5 Å². The van der Waals surface area contributed by atoms with Crippen LogP contribution in [0.5, 0.6) is 0 Å². The Hall–Kier alpha value is -1.97. The molecule has 0 fully saturated rings. The Balaban J connectivity index is 0.00000256. The number of hydrogen-bond acceptors (Lipinski definition) is 6. The number of carbonyl (C=O) groups excluding carboxylic acids is 1. The molecule has 0 bridgehead atoms. The molecule has 0 saturated carbocycles. The maximum atomic E-state index is 11.2. The lowest BCUT2D eigenvalue weighted by molar-refractivity contribution is 0.0664. The van der Waals surface area contributed by atoms with Gasteiger partial charge >= 0.3 is 22.3 Å². The lowest BCUT2D eigenvalue weighted by Crippen LogP contribution is -2.15. The Morgan fingerprint density at radius 2 is 1.59 bits per heavy atom. The highest BCUT2D eigenvalue weighted by atomic mass is 32.3. The highest BCUT2D eigenvalue weighted by Gasteiger charge is 2.21. The molecule has 9 heteroatoms. The van der Waals surface area contributed by atoms with Crippen LogP contribution in [0, 0.1) is 0 Å². The molecule has 0 atom stereocenters. The Morgan fingerprint density at radius 3 is 2.00 bits per heavy atom. The second kappa shape index (κ2) is 5.39. The van der Waals surface area contributed by atoms with Gasteiger partial charge in [-0.2, -0.15) is 8.42 Å². The fourth-order valence-corrected chi connectivity index (χ4v) is 1.27. The van der Waals surface area contributed by atoms with Gasteiger partial charge in [0.05, 0.1) is 11.1 Å². The van der Waals surface area contributed by atoms with E-state index in [4.69, 9.17) is 9.66 Å². The summed E-state index contributed by atoms with van der Waals surface area (Å²) in [5, 5.41) is 8.69. The summed E-state index contributed by atoms with van der Waals surface area (Å²) in [6.45, 7) is 0. The molecule has 0 aliphatic rings. The molecule has 1 aromatic carbocycles. The first kappa shape index (κ1) is 15.0. The molecule has 0 aromatic heterocycles. The third-order valence-corrected chi connectivity index (χ3v) is 1.92. The largest absolute Gasteiger partial charge is 0.478 e. The maximum Gasteiger partial charge on any atom is 0.449 e. The molecule has 1 rings (SSSR count). The Bertz CT molecular complexity index is 537. The summed E-state index contributed by atoms with van der Waals surface area (Å²) in [5.74, 6) is -2.87. The zero-order valence-electron chi connectivity index (χ0n) is 8.36. The van der Waals surface area contributed by atoms with Crippen molar-refractivity contribution in [3.05, 3.63) is 35.4 Å². The number of rotatable bonds is 3. The van der Waals surface area contributed by atoms with Gasteiger partial charge in [-0.3, -0.25) is 4.55 Å². The molecule has 0 unspecified atom stereocenters. The molecule has 94 valence electrons. The zero-order chi connectivity index (χ0) is 12.3. The number of benzene rings is 1. The monoisotopic (exact) mass is 263 g/mol. The van der Waals surface area contributed by atoms with E-state index in [0.717, 1.165) is 12.1 Å². The van der Waals surface area contributed by atoms with Crippen LogP contribution in [-0.4, -0.2) is 30.0 Å². The van der Waals surface area contributed by atoms with Gasteiger partial charge < -0.3 is 15.4 Å².